The first kappa shape index (κ1) is 12.7. The highest BCUT2D eigenvalue weighted by atomic mass is 16.4. The van der Waals surface area contributed by atoms with Crippen molar-refractivity contribution in [3.05, 3.63) is 36.0 Å². The van der Waals surface area contributed by atoms with E-state index in [1.54, 1.807) is 0 Å². The van der Waals surface area contributed by atoms with E-state index in [9.17, 15) is 0 Å². The van der Waals surface area contributed by atoms with Crippen LogP contribution in [0.25, 0.3) is 16.9 Å². The summed E-state index contributed by atoms with van der Waals surface area (Å²) in [4.78, 5) is 4.50. The number of nitrogens with zero attached hydrogens (tertiary/aromatic N) is 3. The lowest BCUT2D eigenvalue weighted by Gasteiger charge is -2.00. The van der Waals surface area contributed by atoms with Gasteiger partial charge in [-0.15, -0.1) is 0 Å². The zero-order valence-electron chi connectivity index (χ0n) is 11.8. The van der Waals surface area contributed by atoms with Gasteiger partial charge < -0.3 is 9.73 Å². The molecule has 0 radical (unpaired) electrons. The predicted octanol–water partition coefficient (Wildman–Crippen LogP) is 3.53. The zero-order valence-corrected chi connectivity index (χ0v) is 11.8. The maximum absolute atomic E-state index is 5.74. The van der Waals surface area contributed by atoms with Crippen LogP contribution in [-0.2, 0) is 0 Å². The molecule has 1 N–H and O–H groups in total. The normalized spacial score (nSPS) is 11.1. The van der Waals surface area contributed by atoms with Gasteiger partial charge in [-0.2, -0.15) is 10.1 Å². The number of anilines is 1. The summed E-state index contributed by atoms with van der Waals surface area (Å²) >= 11 is 0. The number of nitrogens with one attached hydrogen (secondary N) is 1. The van der Waals surface area contributed by atoms with Crippen LogP contribution < -0.4 is 5.32 Å². The molecule has 2 aromatic heterocycles. The number of unbranched alkanes of at least 4 members (excludes halogenated alkanes) is 1. The average molecular weight is 270 g/mol. The number of hydrogen-bond acceptors (Lipinski definition) is 4. The summed E-state index contributed by atoms with van der Waals surface area (Å²) in [6.07, 6.45) is 2.24. The van der Waals surface area contributed by atoms with Crippen molar-refractivity contribution in [3.8, 4) is 5.69 Å². The number of aryl methyl sites for hydroxylation is 1. The second kappa shape index (κ2) is 5.36. The molecule has 0 aliphatic heterocycles. The SMILES string of the molecule is CCCCNc1nc2c(o1)c(C)nn2-c1ccccc1. The fraction of sp³-hybridized carbons (Fsp3) is 0.333. The number of benzene rings is 1. The monoisotopic (exact) mass is 270 g/mol. The molecule has 0 fully saturated rings. The lowest BCUT2D eigenvalue weighted by atomic mass is 10.3. The molecule has 0 bridgehead atoms. The fourth-order valence-electron chi connectivity index (χ4n) is 2.13. The highest BCUT2D eigenvalue weighted by molar-refractivity contribution is 5.75. The molecule has 2 heterocycles. The Kier molecular flexibility index (Phi) is 3.41. The molecule has 1 aromatic carbocycles. The molecule has 0 unspecified atom stereocenters. The van der Waals surface area contributed by atoms with Crippen molar-refractivity contribution in [1.82, 2.24) is 14.8 Å². The lowest BCUT2D eigenvalue weighted by Crippen LogP contribution is -2.02. The third-order valence-electron chi connectivity index (χ3n) is 3.20. The van der Waals surface area contributed by atoms with Crippen LogP contribution in [-0.4, -0.2) is 21.3 Å². The Morgan fingerprint density at radius 3 is 2.80 bits per heavy atom. The van der Waals surface area contributed by atoms with Gasteiger partial charge in [-0.05, 0) is 25.5 Å². The first-order valence-corrected chi connectivity index (χ1v) is 6.95. The van der Waals surface area contributed by atoms with Crippen LogP contribution in [0.5, 0.6) is 0 Å². The Hall–Kier alpha value is -2.30. The molecule has 3 rings (SSSR count). The minimum absolute atomic E-state index is 0.568. The molecule has 5 nitrogen and oxygen atoms in total. The third-order valence-corrected chi connectivity index (χ3v) is 3.20. The van der Waals surface area contributed by atoms with Gasteiger partial charge in [0.2, 0.25) is 5.65 Å². The molecule has 0 aliphatic rings. The summed E-state index contributed by atoms with van der Waals surface area (Å²) in [5.41, 5.74) is 3.33. The number of para-hydroxylation sites is 1. The Morgan fingerprint density at radius 2 is 2.05 bits per heavy atom. The van der Waals surface area contributed by atoms with Crippen molar-refractivity contribution in [2.75, 3.05) is 11.9 Å². The number of hydrogen-bond donors (Lipinski definition) is 1. The van der Waals surface area contributed by atoms with Gasteiger partial charge in [0.25, 0.3) is 6.01 Å². The largest absolute Gasteiger partial charge is 0.420 e. The van der Waals surface area contributed by atoms with Crippen LogP contribution in [0.4, 0.5) is 6.01 Å². The first-order chi connectivity index (χ1) is 9.79. The van der Waals surface area contributed by atoms with Crippen molar-refractivity contribution >= 4 is 17.2 Å². The van der Waals surface area contributed by atoms with E-state index in [0.29, 0.717) is 6.01 Å². The second-order valence-corrected chi connectivity index (χ2v) is 4.78. The Bertz CT molecular complexity index is 699. The molecule has 20 heavy (non-hydrogen) atoms. The van der Waals surface area contributed by atoms with Crippen LogP contribution in [0, 0.1) is 6.92 Å². The van der Waals surface area contributed by atoms with E-state index in [0.717, 1.165) is 42.0 Å². The van der Waals surface area contributed by atoms with Gasteiger partial charge in [-0.25, -0.2) is 4.68 Å². The number of oxazole rings is 1. The van der Waals surface area contributed by atoms with Crippen LogP contribution >= 0.6 is 0 Å². The quantitative estimate of drug-likeness (QED) is 0.720. The molecule has 104 valence electrons. The standard InChI is InChI=1S/C15H18N4O/c1-3-4-10-16-15-17-14-13(20-15)11(2)18-19(14)12-8-6-5-7-9-12/h5-9H,3-4,10H2,1-2H3,(H,16,17). The average Bonchev–Trinajstić information content (AvgIpc) is 3.01. The van der Waals surface area contributed by atoms with E-state index in [1.807, 2.05) is 41.9 Å². The van der Waals surface area contributed by atoms with Crippen molar-refractivity contribution in [2.45, 2.75) is 26.7 Å². The van der Waals surface area contributed by atoms with Crippen LogP contribution in [0.2, 0.25) is 0 Å². The summed E-state index contributed by atoms with van der Waals surface area (Å²) < 4.78 is 7.56. The number of rotatable bonds is 5. The number of aromatic nitrogens is 3. The van der Waals surface area contributed by atoms with Gasteiger partial charge >= 0.3 is 0 Å². The molecule has 3 aromatic rings. The van der Waals surface area contributed by atoms with E-state index in [4.69, 9.17) is 4.42 Å². The minimum Gasteiger partial charge on any atom is -0.420 e. The number of fused-ring (bicyclic) bond motifs is 1. The van der Waals surface area contributed by atoms with E-state index >= 15 is 0 Å². The van der Waals surface area contributed by atoms with E-state index in [-0.39, 0.29) is 0 Å². The summed E-state index contributed by atoms with van der Waals surface area (Å²) in [6.45, 7) is 4.96. The molecule has 0 saturated carbocycles. The van der Waals surface area contributed by atoms with Crippen molar-refractivity contribution < 1.29 is 4.42 Å². The Labute approximate surface area is 117 Å². The topological polar surface area (TPSA) is 55.9 Å². The van der Waals surface area contributed by atoms with E-state index in [1.165, 1.54) is 0 Å². The highest BCUT2D eigenvalue weighted by Gasteiger charge is 2.16. The highest BCUT2D eigenvalue weighted by Crippen LogP contribution is 2.24. The molecule has 5 heteroatoms. The lowest BCUT2D eigenvalue weighted by molar-refractivity contribution is 0.607. The fourth-order valence-corrected chi connectivity index (χ4v) is 2.13. The van der Waals surface area contributed by atoms with Crippen molar-refractivity contribution in [2.24, 2.45) is 0 Å². The summed E-state index contributed by atoms with van der Waals surface area (Å²) in [7, 11) is 0. The Morgan fingerprint density at radius 1 is 1.25 bits per heavy atom. The van der Waals surface area contributed by atoms with Gasteiger partial charge in [-0.3, -0.25) is 0 Å². The zero-order chi connectivity index (χ0) is 13.9. The van der Waals surface area contributed by atoms with Gasteiger partial charge in [0.05, 0.1) is 5.69 Å². The van der Waals surface area contributed by atoms with Gasteiger partial charge in [0, 0.05) is 6.54 Å². The minimum atomic E-state index is 0.568. The van der Waals surface area contributed by atoms with Crippen LogP contribution in [0.1, 0.15) is 25.5 Å². The molecule has 0 amide bonds. The van der Waals surface area contributed by atoms with Gasteiger partial charge in [0.15, 0.2) is 5.58 Å². The molecule has 0 atom stereocenters. The summed E-state index contributed by atoms with van der Waals surface area (Å²) in [5.74, 6) is 0. The predicted molar refractivity (Wildman–Crippen MR) is 79.3 cm³/mol. The molecular formula is C15H18N4O. The maximum atomic E-state index is 5.74. The molecule has 0 aliphatic carbocycles. The summed E-state index contributed by atoms with van der Waals surface area (Å²) in [5, 5.41) is 7.70. The third kappa shape index (κ3) is 2.27. The van der Waals surface area contributed by atoms with E-state index < -0.39 is 0 Å². The Balaban J connectivity index is 1.97. The van der Waals surface area contributed by atoms with E-state index in [2.05, 4.69) is 22.3 Å². The maximum Gasteiger partial charge on any atom is 0.297 e. The molecule has 0 saturated heterocycles. The second-order valence-electron chi connectivity index (χ2n) is 4.78. The molecular weight excluding hydrogens is 252 g/mol. The summed E-state index contributed by atoms with van der Waals surface area (Å²) in [6, 6.07) is 10.5. The van der Waals surface area contributed by atoms with Gasteiger partial charge in [-0.1, -0.05) is 31.5 Å². The van der Waals surface area contributed by atoms with Crippen molar-refractivity contribution in [1.29, 1.82) is 0 Å². The van der Waals surface area contributed by atoms with Crippen LogP contribution in [0.15, 0.2) is 34.7 Å². The van der Waals surface area contributed by atoms with Crippen LogP contribution in [0.3, 0.4) is 0 Å². The van der Waals surface area contributed by atoms with Crippen molar-refractivity contribution in [3.63, 3.8) is 0 Å². The van der Waals surface area contributed by atoms with Gasteiger partial charge in [0.1, 0.15) is 5.69 Å². The molecule has 0 spiro atoms. The smallest absolute Gasteiger partial charge is 0.297 e. The first-order valence-electron chi connectivity index (χ1n) is 6.95.